The molecule has 0 unspecified atom stereocenters. The van der Waals surface area contributed by atoms with Gasteiger partial charge in [0, 0.05) is 25.5 Å². The minimum absolute atomic E-state index is 0.0113. The van der Waals surface area contributed by atoms with E-state index in [-0.39, 0.29) is 12.1 Å². The molecule has 5 heteroatoms. The summed E-state index contributed by atoms with van der Waals surface area (Å²) in [5, 5.41) is 7.23. The van der Waals surface area contributed by atoms with Crippen LogP contribution in [0.3, 0.4) is 0 Å². The van der Waals surface area contributed by atoms with E-state index in [1.165, 1.54) is 0 Å². The molecule has 1 aliphatic rings. The molecule has 2 amide bonds. The third-order valence-corrected chi connectivity index (χ3v) is 4.32. The third-order valence-electron chi connectivity index (χ3n) is 4.32. The number of benzene rings is 1. The van der Waals surface area contributed by atoms with Crippen LogP contribution < -0.4 is 5.32 Å². The molecule has 3 rings (SSSR count). The van der Waals surface area contributed by atoms with E-state index in [9.17, 15) is 4.79 Å². The summed E-state index contributed by atoms with van der Waals surface area (Å²) in [6.45, 7) is 3.42. The van der Waals surface area contributed by atoms with Gasteiger partial charge in [-0.25, -0.2) is 9.48 Å². The van der Waals surface area contributed by atoms with Crippen LogP contribution in [0.4, 0.5) is 4.79 Å². The molecule has 0 aliphatic carbocycles. The average molecular weight is 324 g/mol. The standard InChI is InChI=1S/C19H24N4O/c1-2-3-6-17-7-4-13-22(17)19(24)20-15-16-8-10-18(11-9-16)23-14-5-12-21-23/h4-5,7-12,14,17H,2-3,6,13,15H2,1H3,(H,20,24)/t17-/m1/s1. The summed E-state index contributed by atoms with van der Waals surface area (Å²) < 4.78 is 1.82. The average Bonchev–Trinajstić information content (AvgIpc) is 3.30. The van der Waals surface area contributed by atoms with E-state index in [0.29, 0.717) is 13.1 Å². The molecular weight excluding hydrogens is 300 g/mol. The van der Waals surface area contributed by atoms with Gasteiger partial charge in [-0.1, -0.05) is 44.1 Å². The van der Waals surface area contributed by atoms with E-state index in [0.717, 1.165) is 30.5 Å². The largest absolute Gasteiger partial charge is 0.334 e. The summed E-state index contributed by atoms with van der Waals surface area (Å²) in [5.74, 6) is 0. The highest BCUT2D eigenvalue weighted by molar-refractivity contribution is 5.75. The molecule has 5 nitrogen and oxygen atoms in total. The van der Waals surface area contributed by atoms with Crippen LogP contribution >= 0.6 is 0 Å². The number of urea groups is 1. The fourth-order valence-corrected chi connectivity index (χ4v) is 2.94. The van der Waals surface area contributed by atoms with Gasteiger partial charge in [0.1, 0.15) is 0 Å². The Hall–Kier alpha value is -2.56. The summed E-state index contributed by atoms with van der Waals surface area (Å²) in [5.41, 5.74) is 2.09. The van der Waals surface area contributed by atoms with Gasteiger partial charge in [-0.2, -0.15) is 5.10 Å². The second kappa shape index (κ2) is 7.81. The minimum Gasteiger partial charge on any atom is -0.334 e. The van der Waals surface area contributed by atoms with Gasteiger partial charge in [0.15, 0.2) is 0 Å². The minimum atomic E-state index is 0.0113. The third kappa shape index (κ3) is 3.85. The van der Waals surface area contributed by atoms with Crippen molar-refractivity contribution in [1.29, 1.82) is 0 Å². The SMILES string of the molecule is CCCC[C@@H]1C=CCN1C(=O)NCc1ccc(-n2cccn2)cc1. The number of hydrogen-bond acceptors (Lipinski definition) is 2. The highest BCUT2D eigenvalue weighted by Crippen LogP contribution is 2.16. The van der Waals surface area contributed by atoms with E-state index >= 15 is 0 Å². The summed E-state index contributed by atoms with van der Waals surface area (Å²) >= 11 is 0. The molecule has 0 fully saturated rings. The number of aromatic nitrogens is 2. The van der Waals surface area contributed by atoms with Crippen molar-refractivity contribution in [2.75, 3.05) is 6.54 Å². The predicted molar refractivity (Wildman–Crippen MR) is 95.0 cm³/mol. The van der Waals surface area contributed by atoms with Gasteiger partial charge in [-0.3, -0.25) is 0 Å². The first-order valence-electron chi connectivity index (χ1n) is 8.58. The monoisotopic (exact) mass is 324 g/mol. The maximum Gasteiger partial charge on any atom is 0.318 e. The molecule has 0 saturated carbocycles. The summed E-state index contributed by atoms with van der Waals surface area (Å²) in [4.78, 5) is 14.3. The normalized spacial score (nSPS) is 16.5. The molecule has 0 saturated heterocycles. The maximum absolute atomic E-state index is 12.4. The number of unbranched alkanes of at least 4 members (excludes halogenated alkanes) is 1. The fourth-order valence-electron chi connectivity index (χ4n) is 2.94. The Morgan fingerprint density at radius 3 is 2.88 bits per heavy atom. The lowest BCUT2D eigenvalue weighted by molar-refractivity contribution is 0.193. The van der Waals surface area contributed by atoms with Crippen molar-refractivity contribution in [2.45, 2.75) is 38.8 Å². The molecule has 0 spiro atoms. The summed E-state index contributed by atoms with van der Waals surface area (Å²) in [6, 6.07) is 10.2. The molecule has 0 radical (unpaired) electrons. The van der Waals surface area contributed by atoms with Gasteiger partial charge >= 0.3 is 6.03 Å². The molecule has 1 aromatic heterocycles. The van der Waals surface area contributed by atoms with Gasteiger partial charge in [-0.05, 0) is 30.2 Å². The second-order valence-corrected chi connectivity index (χ2v) is 6.07. The molecule has 1 N–H and O–H groups in total. The molecular formula is C19H24N4O. The number of carbonyl (C=O) groups is 1. The summed E-state index contributed by atoms with van der Waals surface area (Å²) in [7, 11) is 0. The van der Waals surface area contributed by atoms with E-state index in [1.807, 2.05) is 46.1 Å². The molecule has 1 aliphatic heterocycles. The van der Waals surface area contributed by atoms with Crippen LogP contribution in [0.5, 0.6) is 0 Å². The van der Waals surface area contributed by atoms with Crippen LogP contribution in [-0.2, 0) is 6.54 Å². The molecule has 1 atom stereocenters. The number of amides is 2. The van der Waals surface area contributed by atoms with Crippen molar-refractivity contribution in [3.63, 3.8) is 0 Å². The molecule has 126 valence electrons. The van der Waals surface area contributed by atoms with Crippen molar-refractivity contribution < 1.29 is 4.79 Å². The van der Waals surface area contributed by atoms with Gasteiger partial charge in [0.25, 0.3) is 0 Å². The first-order chi connectivity index (χ1) is 11.8. The zero-order chi connectivity index (χ0) is 16.8. The lowest BCUT2D eigenvalue weighted by Gasteiger charge is -2.25. The van der Waals surface area contributed by atoms with Crippen LogP contribution in [0.25, 0.3) is 5.69 Å². The summed E-state index contributed by atoms with van der Waals surface area (Å²) in [6.07, 6.45) is 11.2. The Labute approximate surface area is 143 Å². The van der Waals surface area contributed by atoms with Crippen LogP contribution in [0.1, 0.15) is 31.7 Å². The topological polar surface area (TPSA) is 50.2 Å². The Kier molecular flexibility index (Phi) is 5.31. The van der Waals surface area contributed by atoms with Crippen molar-refractivity contribution in [3.8, 4) is 5.69 Å². The number of carbonyl (C=O) groups excluding carboxylic acids is 1. The Morgan fingerprint density at radius 1 is 1.33 bits per heavy atom. The fraction of sp³-hybridized carbons (Fsp3) is 0.368. The molecule has 0 bridgehead atoms. The van der Waals surface area contributed by atoms with Crippen molar-refractivity contribution >= 4 is 6.03 Å². The molecule has 2 heterocycles. The van der Waals surface area contributed by atoms with E-state index < -0.39 is 0 Å². The number of rotatable bonds is 6. The van der Waals surface area contributed by atoms with Gasteiger partial charge in [0.05, 0.1) is 11.7 Å². The smallest absolute Gasteiger partial charge is 0.318 e. The highest BCUT2D eigenvalue weighted by atomic mass is 16.2. The second-order valence-electron chi connectivity index (χ2n) is 6.07. The van der Waals surface area contributed by atoms with E-state index in [2.05, 4.69) is 29.5 Å². The zero-order valence-electron chi connectivity index (χ0n) is 14.1. The Balaban J connectivity index is 1.52. The van der Waals surface area contributed by atoms with Crippen LogP contribution in [0.15, 0.2) is 54.9 Å². The number of nitrogens with one attached hydrogen (secondary N) is 1. The highest BCUT2D eigenvalue weighted by Gasteiger charge is 2.23. The van der Waals surface area contributed by atoms with Crippen molar-refractivity contribution in [3.05, 3.63) is 60.4 Å². The van der Waals surface area contributed by atoms with Crippen LogP contribution in [-0.4, -0.2) is 33.3 Å². The quantitative estimate of drug-likeness (QED) is 0.827. The lowest BCUT2D eigenvalue weighted by Crippen LogP contribution is -2.42. The van der Waals surface area contributed by atoms with Crippen molar-refractivity contribution in [2.24, 2.45) is 0 Å². The molecule has 2 aromatic rings. The van der Waals surface area contributed by atoms with Gasteiger partial charge in [0.2, 0.25) is 0 Å². The van der Waals surface area contributed by atoms with E-state index in [4.69, 9.17) is 0 Å². The first-order valence-corrected chi connectivity index (χ1v) is 8.58. The molecule has 1 aromatic carbocycles. The zero-order valence-corrected chi connectivity index (χ0v) is 14.1. The van der Waals surface area contributed by atoms with Crippen LogP contribution in [0.2, 0.25) is 0 Å². The lowest BCUT2D eigenvalue weighted by atomic mass is 10.1. The maximum atomic E-state index is 12.4. The van der Waals surface area contributed by atoms with E-state index in [1.54, 1.807) is 6.20 Å². The first kappa shape index (κ1) is 16.3. The number of nitrogens with zero attached hydrogens (tertiary/aromatic N) is 3. The van der Waals surface area contributed by atoms with Gasteiger partial charge < -0.3 is 10.2 Å². The Bertz CT molecular complexity index is 676. The predicted octanol–water partition coefficient (Wildman–Crippen LogP) is 3.51. The molecule has 24 heavy (non-hydrogen) atoms. The van der Waals surface area contributed by atoms with Crippen molar-refractivity contribution in [1.82, 2.24) is 20.0 Å². The Morgan fingerprint density at radius 2 is 2.17 bits per heavy atom. The van der Waals surface area contributed by atoms with Crippen LogP contribution in [0, 0.1) is 0 Å². The number of hydrogen-bond donors (Lipinski definition) is 1. The van der Waals surface area contributed by atoms with Gasteiger partial charge in [-0.15, -0.1) is 0 Å².